The standard InChI is InChI=1S/C22H19N5O2/c1-13-6-2-4-8-15(13)16-10-14-7-3-5-9-17(14)26-18(16)11-25-22(29)20-21(23)27-19(28)12-24-20/h2-10,12H,11H2,1H3,(H,25,29)(H3,23,27,28). The number of nitrogen functional groups attached to an aromatic ring is 1. The van der Waals surface area contributed by atoms with Gasteiger partial charge in [0.2, 0.25) is 5.88 Å². The monoisotopic (exact) mass is 385 g/mol. The summed E-state index contributed by atoms with van der Waals surface area (Å²) in [6.07, 6.45) is 1.08. The number of aromatic hydroxyl groups is 1. The predicted octanol–water partition coefficient (Wildman–Crippen LogP) is 3.22. The maximum atomic E-state index is 12.5. The van der Waals surface area contributed by atoms with Gasteiger partial charge in [0.05, 0.1) is 24.0 Å². The van der Waals surface area contributed by atoms with Crippen LogP contribution in [0.1, 0.15) is 21.7 Å². The van der Waals surface area contributed by atoms with E-state index in [-0.39, 0.29) is 23.9 Å². The molecule has 0 bridgehead atoms. The van der Waals surface area contributed by atoms with E-state index in [0.29, 0.717) is 0 Å². The summed E-state index contributed by atoms with van der Waals surface area (Å²) in [5.41, 5.74) is 10.4. The number of carbonyl (C=O) groups excluding carboxylic acids is 1. The molecular weight excluding hydrogens is 366 g/mol. The second-order valence-corrected chi connectivity index (χ2v) is 6.63. The van der Waals surface area contributed by atoms with Crippen molar-refractivity contribution in [2.45, 2.75) is 13.5 Å². The van der Waals surface area contributed by atoms with Crippen LogP contribution in [0.2, 0.25) is 0 Å². The molecule has 2 aromatic carbocycles. The lowest BCUT2D eigenvalue weighted by molar-refractivity contribution is 0.0946. The fourth-order valence-electron chi connectivity index (χ4n) is 3.22. The van der Waals surface area contributed by atoms with Gasteiger partial charge >= 0.3 is 0 Å². The van der Waals surface area contributed by atoms with Crippen LogP contribution in [0.5, 0.6) is 5.88 Å². The fraction of sp³-hybridized carbons (Fsp3) is 0.0909. The van der Waals surface area contributed by atoms with Crippen LogP contribution < -0.4 is 11.1 Å². The van der Waals surface area contributed by atoms with E-state index in [1.165, 1.54) is 0 Å². The number of nitrogens with zero attached hydrogens (tertiary/aromatic N) is 3. The van der Waals surface area contributed by atoms with Crippen LogP contribution >= 0.6 is 0 Å². The van der Waals surface area contributed by atoms with E-state index in [9.17, 15) is 9.90 Å². The Morgan fingerprint density at radius 2 is 1.83 bits per heavy atom. The van der Waals surface area contributed by atoms with E-state index in [2.05, 4.69) is 21.4 Å². The van der Waals surface area contributed by atoms with Crippen LogP contribution in [0.15, 0.2) is 60.8 Å². The van der Waals surface area contributed by atoms with Crippen LogP contribution in [0.25, 0.3) is 22.0 Å². The van der Waals surface area contributed by atoms with Crippen LogP contribution in [-0.2, 0) is 6.54 Å². The zero-order valence-electron chi connectivity index (χ0n) is 15.8. The molecule has 0 aliphatic heterocycles. The quantitative estimate of drug-likeness (QED) is 0.497. The number of hydrogen-bond donors (Lipinski definition) is 3. The summed E-state index contributed by atoms with van der Waals surface area (Å²) in [4.78, 5) is 24.8. The molecule has 0 saturated carbocycles. The van der Waals surface area contributed by atoms with Crippen molar-refractivity contribution >= 4 is 22.6 Å². The molecule has 0 saturated heterocycles. The first kappa shape index (κ1) is 18.4. The number of anilines is 1. The predicted molar refractivity (Wildman–Crippen MR) is 111 cm³/mol. The van der Waals surface area contributed by atoms with Crippen LogP contribution in [0.3, 0.4) is 0 Å². The minimum absolute atomic E-state index is 0.0407. The molecule has 0 radical (unpaired) electrons. The van der Waals surface area contributed by atoms with Crippen molar-refractivity contribution in [3.05, 3.63) is 77.7 Å². The number of hydrogen-bond acceptors (Lipinski definition) is 6. The Kier molecular flexibility index (Phi) is 4.78. The molecule has 0 aliphatic carbocycles. The average Bonchev–Trinajstić information content (AvgIpc) is 2.72. The number of nitrogens with one attached hydrogen (secondary N) is 1. The van der Waals surface area contributed by atoms with E-state index in [1.54, 1.807) is 0 Å². The number of amides is 1. The molecule has 1 amide bonds. The molecule has 0 unspecified atom stereocenters. The number of benzene rings is 2. The molecule has 7 heteroatoms. The Morgan fingerprint density at radius 1 is 1.07 bits per heavy atom. The van der Waals surface area contributed by atoms with Crippen LogP contribution in [0, 0.1) is 6.92 Å². The van der Waals surface area contributed by atoms with Crippen molar-refractivity contribution in [2.75, 3.05) is 5.73 Å². The lowest BCUT2D eigenvalue weighted by atomic mass is 9.97. The van der Waals surface area contributed by atoms with Gasteiger partial charge in [0.15, 0.2) is 11.5 Å². The van der Waals surface area contributed by atoms with Gasteiger partial charge in [0, 0.05) is 10.9 Å². The highest BCUT2D eigenvalue weighted by Crippen LogP contribution is 2.29. The van der Waals surface area contributed by atoms with Gasteiger partial charge in [-0.25, -0.2) is 4.98 Å². The first-order chi connectivity index (χ1) is 14.0. The second kappa shape index (κ2) is 7.55. The maximum absolute atomic E-state index is 12.5. The Bertz CT molecular complexity index is 1220. The lowest BCUT2D eigenvalue weighted by Crippen LogP contribution is -2.26. The van der Waals surface area contributed by atoms with Gasteiger partial charge in [-0.15, -0.1) is 0 Å². The summed E-state index contributed by atoms with van der Waals surface area (Å²) in [5, 5.41) is 13.1. The summed E-state index contributed by atoms with van der Waals surface area (Å²) < 4.78 is 0. The first-order valence-electron chi connectivity index (χ1n) is 9.07. The van der Waals surface area contributed by atoms with Gasteiger partial charge in [-0.2, -0.15) is 4.98 Å². The summed E-state index contributed by atoms with van der Waals surface area (Å²) in [7, 11) is 0. The van der Waals surface area contributed by atoms with Crippen molar-refractivity contribution < 1.29 is 9.90 Å². The third kappa shape index (κ3) is 3.70. The number of fused-ring (bicyclic) bond motifs is 1. The van der Waals surface area contributed by atoms with Gasteiger partial charge in [0.25, 0.3) is 5.91 Å². The summed E-state index contributed by atoms with van der Waals surface area (Å²) in [6, 6.07) is 18.0. The van der Waals surface area contributed by atoms with Gasteiger partial charge < -0.3 is 16.2 Å². The van der Waals surface area contributed by atoms with Crippen molar-refractivity contribution in [1.82, 2.24) is 20.3 Å². The number of rotatable bonds is 4. The Labute approximate surface area is 167 Å². The van der Waals surface area contributed by atoms with Gasteiger partial charge in [-0.3, -0.25) is 9.78 Å². The zero-order valence-corrected chi connectivity index (χ0v) is 15.8. The van der Waals surface area contributed by atoms with E-state index < -0.39 is 5.91 Å². The van der Waals surface area contributed by atoms with Crippen molar-refractivity contribution in [1.29, 1.82) is 0 Å². The molecule has 0 fully saturated rings. The number of aromatic nitrogens is 3. The number of pyridine rings is 1. The topological polar surface area (TPSA) is 114 Å². The van der Waals surface area contributed by atoms with Gasteiger partial charge in [-0.05, 0) is 30.2 Å². The Balaban J connectivity index is 1.71. The van der Waals surface area contributed by atoms with E-state index in [0.717, 1.165) is 39.5 Å². The molecule has 0 spiro atoms. The van der Waals surface area contributed by atoms with E-state index in [4.69, 9.17) is 10.7 Å². The SMILES string of the molecule is Cc1ccccc1-c1cc2ccccc2nc1CNC(=O)c1ncc(O)nc1N. The molecule has 0 aliphatic rings. The zero-order chi connectivity index (χ0) is 20.4. The molecule has 4 N–H and O–H groups in total. The molecule has 0 atom stereocenters. The summed E-state index contributed by atoms with van der Waals surface area (Å²) in [6.45, 7) is 2.23. The Morgan fingerprint density at radius 3 is 2.62 bits per heavy atom. The molecule has 4 aromatic rings. The van der Waals surface area contributed by atoms with Gasteiger partial charge in [0.1, 0.15) is 0 Å². The molecule has 29 heavy (non-hydrogen) atoms. The third-order valence-electron chi connectivity index (χ3n) is 4.66. The smallest absolute Gasteiger partial charge is 0.274 e. The average molecular weight is 385 g/mol. The summed E-state index contributed by atoms with van der Waals surface area (Å²) >= 11 is 0. The van der Waals surface area contributed by atoms with Gasteiger partial charge in [-0.1, -0.05) is 42.5 Å². The number of aryl methyl sites for hydroxylation is 1. The van der Waals surface area contributed by atoms with Crippen molar-refractivity contribution in [3.8, 4) is 17.0 Å². The summed E-state index contributed by atoms with van der Waals surface area (Å²) in [5.74, 6) is -0.953. The van der Waals surface area contributed by atoms with Crippen LogP contribution in [-0.4, -0.2) is 26.0 Å². The van der Waals surface area contributed by atoms with Crippen molar-refractivity contribution in [2.24, 2.45) is 0 Å². The maximum Gasteiger partial charge on any atom is 0.274 e. The molecule has 2 aromatic heterocycles. The van der Waals surface area contributed by atoms with E-state index in [1.807, 2.05) is 55.5 Å². The number of para-hydroxylation sites is 1. The highest BCUT2D eigenvalue weighted by Gasteiger charge is 2.16. The fourth-order valence-corrected chi connectivity index (χ4v) is 3.22. The second-order valence-electron chi connectivity index (χ2n) is 6.63. The Hall–Kier alpha value is -4.00. The molecule has 144 valence electrons. The molecule has 7 nitrogen and oxygen atoms in total. The minimum atomic E-state index is -0.485. The first-order valence-corrected chi connectivity index (χ1v) is 9.07. The van der Waals surface area contributed by atoms with Crippen molar-refractivity contribution in [3.63, 3.8) is 0 Å². The highest BCUT2D eigenvalue weighted by atomic mass is 16.3. The largest absolute Gasteiger partial charge is 0.492 e. The molecule has 4 rings (SSSR count). The minimum Gasteiger partial charge on any atom is -0.492 e. The highest BCUT2D eigenvalue weighted by molar-refractivity contribution is 5.96. The molecular formula is C22H19N5O2. The number of carbonyl (C=O) groups is 1. The molecule has 2 heterocycles. The van der Waals surface area contributed by atoms with E-state index >= 15 is 0 Å². The normalized spacial score (nSPS) is 10.8. The lowest BCUT2D eigenvalue weighted by Gasteiger charge is -2.14. The van der Waals surface area contributed by atoms with Crippen LogP contribution in [0.4, 0.5) is 5.82 Å². The third-order valence-corrected chi connectivity index (χ3v) is 4.66. The number of nitrogens with two attached hydrogens (primary N) is 1.